The van der Waals surface area contributed by atoms with Crippen molar-refractivity contribution in [1.82, 2.24) is 0 Å². The molecule has 5 atom stereocenters. The SMILES string of the molecule is CCCCOC(=O)C1C2C=CC(C2)C1C(O)Oc1cc(I)ccc1C(=O)O. The van der Waals surface area contributed by atoms with Crippen LogP contribution in [0.4, 0.5) is 0 Å². The number of hydrogen-bond acceptors (Lipinski definition) is 5. The van der Waals surface area contributed by atoms with E-state index in [2.05, 4.69) is 22.6 Å². The van der Waals surface area contributed by atoms with E-state index in [-0.39, 0.29) is 29.1 Å². The zero-order chi connectivity index (χ0) is 19.6. The Morgan fingerprint density at radius 2 is 2.04 bits per heavy atom. The first-order valence-electron chi connectivity index (χ1n) is 9.15. The van der Waals surface area contributed by atoms with Gasteiger partial charge in [0.25, 0.3) is 0 Å². The quantitative estimate of drug-likeness (QED) is 0.192. The highest BCUT2D eigenvalue weighted by atomic mass is 127. The minimum Gasteiger partial charge on any atom is -0.478 e. The van der Waals surface area contributed by atoms with Crippen LogP contribution in [0.5, 0.6) is 5.75 Å². The van der Waals surface area contributed by atoms with Crippen molar-refractivity contribution >= 4 is 34.5 Å². The van der Waals surface area contributed by atoms with Gasteiger partial charge in [-0.25, -0.2) is 4.79 Å². The molecule has 0 aromatic heterocycles. The molecule has 2 N–H and O–H groups in total. The number of carbonyl (C=O) groups excluding carboxylic acids is 1. The van der Waals surface area contributed by atoms with Gasteiger partial charge < -0.3 is 19.7 Å². The summed E-state index contributed by atoms with van der Waals surface area (Å²) >= 11 is 2.05. The molecular formula is C20H23IO6. The van der Waals surface area contributed by atoms with Crippen LogP contribution in [0, 0.1) is 27.2 Å². The molecule has 2 bridgehead atoms. The molecular weight excluding hydrogens is 463 g/mol. The first-order chi connectivity index (χ1) is 12.9. The fourth-order valence-electron chi connectivity index (χ4n) is 3.97. The highest BCUT2D eigenvalue weighted by Crippen LogP contribution is 2.50. The molecule has 146 valence electrons. The Morgan fingerprint density at radius 1 is 1.30 bits per heavy atom. The summed E-state index contributed by atoms with van der Waals surface area (Å²) in [7, 11) is 0. The second-order valence-corrected chi connectivity index (χ2v) is 8.27. The molecule has 2 aliphatic carbocycles. The zero-order valence-corrected chi connectivity index (χ0v) is 17.2. The number of carbonyl (C=O) groups is 2. The number of aliphatic hydroxyl groups is 1. The largest absolute Gasteiger partial charge is 0.478 e. The number of allylic oxidation sites excluding steroid dienone is 2. The van der Waals surface area contributed by atoms with Crippen LogP contribution >= 0.6 is 22.6 Å². The molecule has 0 radical (unpaired) electrons. The third-order valence-corrected chi connectivity index (χ3v) is 5.96. The molecule has 1 fully saturated rings. The van der Waals surface area contributed by atoms with Crippen LogP contribution in [0.2, 0.25) is 0 Å². The van der Waals surface area contributed by atoms with E-state index in [9.17, 15) is 19.8 Å². The highest BCUT2D eigenvalue weighted by Gasteiger charge is 2.52. The number of rotatable bonds is 8. The summed E-state index contributed by atoms with van der Waals surface area (Å²) in [6.07, 6.45) is 5.24. The maximum absolute atomic E-state index is 12.6. The van der Waals surface area contributed by atoms with E-state index in [0.29, 0.717) is 6.61 Å². The Hall–Kier alpha value is -1.61. The lowest BCUT2D eigenvalue weighted by Crippen LogP contribution is -2.39. The predicted octanol–water partition coefficient (Wildman–Crippen LogP) is 3.47. The number of halogens is 1. The normalized spacial score (nSPS) is 26.8. The minimum atomic E-state index is -1.29. The second kappa shape index (κ2) is 8.60. The minimum absolute atomic E-state index is 0.0183. The van der Waals surface area contributed by atoms with E-state index in [1.54, 1.807) is 12.1 Å². The van der Waals surface area contributed by atoms with Gasteiger partial charge in [0.1, 0.15) is 11.3 Å². The van der Waals surface area contributed by atoms with Crippen LogP contribution in [0.3, 0.4) is 0 Å². The summed E-state index contributed by atoms with van der Waals surface area (Å²) < 4.78 is 11.8. The number of benzene rings is 1. The standard InChI is InChI=1S/C20H23IO6/c1-2-3-8-26-19(24)16-11-4-5-12(9-11)17(16)20(25)27-15-10-13(21)6-7-14(15)18(22)23/h4-7,10-12,16-17,20,25H,2-3,8-9H2,1H3,(H,22,23). The topological polar surface area (TPSA) is 93.1 Å². The zero-order valence-electron chi connectivity index (χ0n) is 15.0. The number of esters is 1. The fraction of sp³-hybridized carbons (Fsp3) is 0.500. The molecule has 1 saturated carbocycles. The summed E-state index contributed by atoms with van der Waals surface area (Å²) in [6, 6.07) is 4.69. The molecule has 27 heavy (non-hydrogen) atoms. The lowest BCUT2D eigenvalue weighted by molar-refractivity contribution is -0.158. The van der Waals surface area contributed by atoms with Gasteiger partial charge >= 0.3 is 11.9 Å². The van der Waals surface area contributed by atoms with Crippen LogP contribution in [-0.2, 0) is 9.53 Å². The number of aliphatic hydroxyl groups excluding tert-OH is 1. The van der Waals surface area contributed by atoms with Gasteiger partial charge in [-0.05, 0) is 65.5 Å². The lowest BCUT2D eigenvalue weighted by Gasteiger charge is -2.30. The van der Waals surface area contributed by atoms with Gasteiger partial charge in [-0.3, -0.25) is 4.79 Å². The molecule has 0 spiro atoms. The van der Waals surface area contributed by atoms with E-state index in [1.807, 2.05) is 19.1 Å². The number of fused-ring (bicyclic) bond motifs is 2. The van der Waals surface area contributed by atoms with Gasteiger partial charge in [-0.2, -0.15) is 0 Å². The van der Waals surface area contributed by atoms with E-state index < -0.39 is 24.1 Å². The first-order valence-corrected chi connectivity index (χ1v) is 10.2. The molecule has 7 heteroatoms. The highest BCUT2D eigenvalue weighted by molar-refractivity contribution is 14.1. The summed E-state index contributed by atoms with van der Waals surface area (Å²) in [5.74, 6) is -2.21. The molecule has 5 unspecified atom stereocenters. The Bertz CT molecular complexity index is 746. The smallest absolute Gasteiger partial charge is 0.339 e. The van der Waals surface area contributed by atoms with E-state index in [0.717, 1.165) is 22.8 Å². The van der Waals surface area contributed by atoms with Crippen LogP contribution in [0.25, 0.3) is 0 Å². The number of unbranched alkanes of at least 4 members (excludes halogenated alkanes) is 1. The van der Waals surface area contributed by atoms with Gasteiger partial charge in [-0.1, -0.05) is 25.5 Å². The average Bonchev–Trinajstić information content (AvgIpc) is 3.22. The lowest BCUT2D eigenvalue weighted by atomic mass is 9.82. The molecule has 0 saturated heterocycles. The van der Waals surface area contributed by atoms with Crippen molar-refractivity contribution in [1.29, 1.82) is 0 Å². The molecule has 0 aliphatic heterocycles. The average molecular weight is 486 g/mol. The molecule has 0 amide bonds. The molecule has 0 heterocycles. The number of carboxylic acids is 1. The predicted molar refractivity (Wildman–Crippen MR) is 106 cm³/mol. The van der Waals surface area contributed by atoms with E-state index >= 15 is 0 Å². The van der Waals surface area contributed by atoms with Crippen molar-refractivity contribution in [2.24, 2.45) is 23.7 Å². The maximum atomic E-state index is 12.6. The van der Waals surface area contributed by atoms with Crippen molar-refractivity contribution in [3.05, 3.63) is 39.5 Å². The molecule has 1 aromatic rings. The van der Waals surface area contributed by atoms with Gasteiger partial charge in [0.15, 0.2) is 0 Å². The van der Waals surface area contributed by atoms with Gasteiger partial charge in [0, 0.05) is 9.49 Å². The maximum Gasteiger partial charge on any atom is 0.339 e. The Balaban J connectivity index is 1.78. The third-order valence-electron chi connectivity index (χ3n) is 5.29. The Kier molecular flexibility index (Phi) is 6.41. The Labute approximate surface area is 171 Å². The third kappa shape index (κ3) is 4.29. The number of carboxylic acid groups (broad SMARTS) is 1. The summed E-state index contributed by atoms with van der Waals surface area (Å²) in [5.41, 5.74) is -0.0183. The number of hydrogen-bond donors (Lipinski definition) is 2. The summed E-state index contributed by atoms with van der Waals surface area (Å²) in [4.78, 5) is 24.0. The van der Waals surface area contributed by atoms with Gasteiger partial charge in [0.2, 0.25) is 6.29 Å². The molecule has 2 aliphatic rings. The van der Waals surface area contributed by atoms with Crippen molar-refractivity contribution in [3.63, 3.8) is 0 Å². The molecule has 3 rings (SSSR count). The van der Waals surface area contributed by atoms with Crippen molar-refractivity contribution < 1.29 is 29.3 Å². The monoisotopic (exact) mass is 486 g/mol. The van der Waals surface area contributed by atoms with Crippen molar-refractivity contribution in [2.75, 3.05) is 6.61 Å². The van der Waals surface area contributed by atoms with Crippen LogP contribution in [0.15, 0.2) is 30.4 Å². The van der Waals surface area contributed by atoms with Crippen LogP contribution in [-0.4, -0.2) is 35.0 Å². The van der Waals surface area contributed by atoms with Crippen molar-refractivity contribution in [2.45, 2.75) is 32.5 Å². The summed E-state index contributed by atoms with van der Waals surface area (Å²) in [5, 5.41) is 20.1. The van der Waals surface area contributed by atoms with Crippen LogP contribution < -0.4 is 4.74 Å². The molecule has 6 nitrogen and oxygen atoms in total. The van der Waals surface area contributed by atoms with Crippen molar-refractivity contribution in [3.8, 4) is 5.75 Å². The van der Waals surface area contributed by atoms with Gasteiger partial charge in [-0.15, -0.1) is 0 Å². The Morgan fingerprint density at radius 3 is 2.74 bits per heavy atom. The van der Waals surface area contributed by atoms with E-state index in [1.165, 1.54) is 6.07 Å². The fourth-order valence-corrected chi connectivity index (χ4v) is 4.44. The number of ether oxygens (including phenoxy) is 2. The first kappa shape index (κ1) is 20.1. The van der Waals surface area contributed by atoms with Crippen LogP contribution in [0.1, 0.15) is 36.5 Å². The second-order valence-electron chi connectivity index (χ2n) is 7.03. The van der Waals surface area contributed by atoms with Gasteiger partial charge in [0.05, 0.1) is 12.5 Å². The molecule has 1 aromatic carbocycles. The van der Waals surface area contributed by atoms with E-state index in [4.69, 9.17) is 9.47 Å². The number of aromatic carboxylic acids is 1. The summed E-state index contributed by atoms with van der Waals surface area (Å²) in [6.45, 7) is 2.40.